The Hall–Kier alpha value is -2.98. The summed E-state index contributed by atoms with van der Waals surface area (Å²) >= 11 is 0. The molecule has 4 rings (SSSR count). The van der Waals surface area contributed by atoms with E-state index in [2.05, 4.69) is 49.5 Å². The van der Waals surface area contributed by atoms with Crippen LogP contribution in [0, 0.1) is 0 Å². The maximum Gasteiger partial charge on any atom is 0.161 e. The number of phenols is 1. The average Bonchev–Trinajstić information content (AvgIpc) is 2.77. The lowest BCUT2D eigenvalue weighted by atomic mass is 9.86. The molecule has 4 heteroatoms. The summed E-state index contributed by atoms with van der Waals surface area (Å²) in [4.78, 5) is 0. The number of likely N-dealkylation sites (N-methyl/N-ethyl adjacent to an activating group) is 1. The van der Waals surface area contributed by atoms with E-state index < -0.39 is 0 Å². The number of benzene rings is 3. The molecule has 0 fully saturated rings. The lowest BCUT2D eigenvalue weighted by Gasteiger charge is -2.46. The van der Waals surface area contributed by atoms with E-state index in [9.17, 15) is 5.11 Å². The highest BCUT2D eigenvalue weighted by atomic mass is 16.5. The van der Waals surface area contributed by atoms with Crippen LogP contribution in [-0.2, 0) is 19.4 Å². The molecule has 0 saturated heterocycles. The lowest BCUT2D eigenvalue weighted by Crippen LogP contribution is -2.51. The van der Waals surface area contributed by atoms with Gasteiger partial charge < -0.3 is 19.1 Å². The third-order valence-electron chi connectivity index (χ3n) is 6.40. The van der Waals surface area contributed by atoms with Crippen LogP contribution in [-0.4, -0.2) is 37.4 Å². The van der Waals surface area contributed by atoms with Gasteiger partial charge >= 0.3 is 0 Å². The molecule has 0 aromatic heterocycles. The SMILES string of the molecule is COc1cc2c(cc1OC)[C@@H](Cc1ccc(O)cc1)[N+](C)(Cc1ccccc1)CC2. The zero-order valence-corrected chi connectivity index (χ0v) is 18.0. The number of ether oxygens (including phenoxy) is 2. The molecular weight excluding hydrogens is 374 g/mol. The molecule has 1 N–H and O–H groups in total. The fraction of sp³-hybridized carbons (Fsp3) is 0.308. The third-order valence-corrected chi connectivity index (χ3v) is 6.40. The topological polar surface area (TPSA) is 38.7 Å². The van der Waals surface area contributed by atoms with E-state index in [1.54, 1.807) is 26.4 Å². The molecule has 0 amide bonds. The van der Waals surface area contributed by atoms with Gasteiger partial charge in [0, 0.05) is 24.0 Å². The van der Waals surface area contributed by atoms with Crippen molar-refractivity contribution in [2.75, 3.05) is 27.8 Å². The van der Waals surface area contributed by atoms with Crippen molar-refractivity contribution >= 4 is 0 Å². The number of rotatable bonds is 6. The minimum atomic E-state index is 0.276. The first-order valence-corrected chi connectivity index (χ1v) is 10.4. The number of hydrogen-bond donors (Lipinski definition) is 1. The van der Waals surface area contributed by atoms with Crippen LogP contribution in [0.1, 0.15) is 28.3 Å². The van der Waals surface area contributed by atoms with E-state index in [0.717, 1.165) is 41.9 Å². The Bertz CT molecular complexity index is 1000. The van der Waals surface area contributed by atoms with Crippen molar-refractivity contribution in [3.8, 4) is 17.2 Å². The predicted octanol–water partition coefficient (Wildman–Crippen LogP) is 4.90. The average molecular weight is 405 g/mol. The van der Waals surface area contributed by atoms with Crippen LogP contribution in [0.5, 0.6) is 17.2 Å². The van der Waals surface area contributed by atoms with Crippen LogP contribution in [0.15, 0.2) is 66.7 Å². The zero-order valence-electron chi connectivity index (χ0n) is 18.0. The van der Waals surface area contributed by atoms with Crippen LogP contribution in [0.3, 0.4) is 0 Å². The van der Waals surface area contributed by atoms with Gasteiger partial charge in [-0.2, -0.15) is 0 Å². The third kappa shape index (κ3) is 4.01. The Morgan fingerprint density at radius 3 is 2.23 bits per heavy atom. The molecule has 1 aliphatic rings. The van der Waals surface area contributed by atoms with E-state index in [0.29, 0.717) is 5.75 Å². The molecule has 0 spiro atoms. The largest absolute Gasteiger partial charge is 0.508 e. The first-order chi connectivity index (χ1) is 14.5. The van der Waals surface area contributed by atoms with Gasteiger partial charge in [-0.3, -0.25) is 0 Å². The van der Waals surface area contributed by atoms with Gasteiger partial charge in [0.05, 0.1) is 27.8 Å². The molecule has 3 aromatic rings. The Labute approximate surface area is 178 Å². The van der Waals surface area contributed by atoms with E-state index in [1.165, 1.54) is 22.3 Å². The molecule has 30 heavy (non-hydrogen) atoms. The van der Waals surface area contributed by atoms with E-state index in [1.807, 2.05) is 12.1 Å². The fourth-order valence-corrected chi connectivity index (χ4v) is 4.71. The quantitative estimate of drug-likeness (QED) is 0.594. The summed E-state index contributed by atoms with van der Waals surface area (Å²) in [6, 6.07) is 22.9. The number of quaternary nitrogens is 1. The molecule has 1 unspecified atom stereocenters. The van der Waals surface area contributed by atoms with Crippen molar-refractivity contribution < 1.29 is 19.1 Å². The second-order valence-electron chi connectivity index (χ2n) is 8.39. The monoisotopic (exact) mass is 404 g/mol. The highest BCUT2D eigenvalue weighted by Crippen LogP contribution is 2.43. The Balaban J connectivity index is 1.78. The molecule has 0 saturated carbocycles. The minimum Gasteiger partial charge on any atom is -0.508 e. The molecule has 2 atom stereocenters. The Kier molecular flexibility index (Phi) is 5.69. The van der Waals surface area contributed by atoms with Crippen LogP contribution in [0.2, 0.25) is 0 Å². The maximum absolute atomic E-state index is 9.71. The van der Waals surface area contributed by atoms with Crippen LogP contribution in [0.25, 0.3) is 0 Å². The maximum atomic E-state index is 9.71. The van der Waals surface area contributed by atoms with Gasteiger partial charge in [0.1, 0.15) is 18.3 Å². The highest BCUT2D eigenvalue weighted by molar-refractivity contribution is 5.49. The van der Waals surface area contributed by atoms with Crippen LogP contribution in [0.4, 0.5) is 0 Å². The Morgan fingerprint density at radius 2 is 1.57 bits per heavy atom. The minimum absolute atomic E-state index is 0.276. The molecule has 0 radical (unpaired) electrons. The van der Waals surface area contributed by atoms with E-state index >= 15 is 0 Å². The van der Waals surface area contributed by atoms with Crippen molar-refractivity contribution in [1.82, 2.24) is 0 Å². The van der Waals surface area contributed by atoms with Gasteiger partial charge in [0.2, 0.25) is 0 Å². The Morgan fingerprint density at radius 1 is 0.900 bits per heavy atom. The molecule has 1 aliphatic heterocycles. The van der Waals surface area contributed by atoms with Crippen LogP contribution < -0.4 is 9.47 Å². The smallest absolute Gasteiger partial charge is 0.161 e. The van der Waals surface area contributed by atoms with Crippen LogP contribution >= 0.6 is 0 Å². The van der Waals surface area contributed by atoms with Gasteiger partial charge in [0.25, 0.3) is 0 Å². The molecule has 0 aliphatic carbocycles. The standard InChI is InChI=1S/C26H29NO3/c1-27(18-20-7-5-4-6-8-20)14-13-21-16-25(29-2)26(30-3)17-23(21)24(27)15-19-9-11-22(28)12-10-19/h4-12,16-17,24H,13-15,18H2,1-3H3/p+1/t24-,27?/m1/s1. The second-order valence-corrected chi connectivity index (χ2v) is 8.39. The molecule has 0 bridgehead atoms. The fourth-order valence-electron chi connectivity index (χ4n) is 4.71. The van der Waals surface area contributed by atoms with E-state index in [-0.39, 0.29) is 6.04 Å². The van der Waals surface area contributed by atoms with Crippen molar-refractivity contribution in [3.63, 3.8) is 0 Å². The highest BCUT2D eigenvalue weighted by Gasteiger charge is 2.40. The molecule has 4 nitrogen and oxygen atoms in total. The summed E-state index contributed by atoms with van der Waals surface area (Å²) < 4.78 is 12.1. The summed E-state index contributed by atoms with van der Waals surface area (Å²) in [6.07, 6.45) is 1.90. The van der Waals surface area contributed by atoms with Crippen molar-refractivity contribution in [2.45, 2.75) is 25.4 Å². The second kappa shape index (κ2) is 8.41. The van der Waals surface area contributed by atoms with E-state index in [4.69, 9.17) is 9.47 Å². The number of methoxy groups -OCH3 is 2. The van der Waals surface area contributed by atoms with Gasteiger partial charge in [-0.15, -0.1) is 0 Å². The number of phenolic OH excluding ortho intramolecular Hbond substituents is 1. The van der Waals surface area contributed by atoms with Crippen molar-refractivity contribution in [1.29, 1.82) is 0 Å². The molecule has 156 valence electrons. The summed E-state index contributed by atoms with van der Waals surface area (Å²) in [7, 11) is 5.74. The summed E-state index contributed by atoms with van der Waals surface area (Å²) in [5.74, 6) is 1.87. The van der Waals surface area contributed by atoms with Gasteiger partial charge in [-0.05, 0) is 35.4 Å². The van der Waals surface area contributed by atoms with Crippen molar-refractivity contribution in [3.05, 3.63) is 89.0 Å². The predicted molar refractivity (Wildman–Crippen MR) is 119 cm³/mol. The van der Waals surface area contributed by atoms with Crippen molar-refractivity contribution in [2.24, 2.45) is 0 Å². The number of aromatic hydroxyl groups is 1. The van der Waals surface area contributed by atoms with Gasteiger partial charge in [0.15, 0.2) is 11.5 Å². The number of hydrogen-bond acceptors (Lipinski definition) is 3. The summed E-state index contributed by atoms with van der Waals surface area (Å²) in [5, 5.41) is 9.71. The first kappa shape index (κ1) is 20.3. The molecular formula is C26H30NO3+. The summed E-state index contributed by atoms with van der Waals surface area (Å²) in [6.45, 7) is 2.03. The summed E-state index contributed by atoms with van der Waals surface area (Å²) in [5.41, 5.74) is 5.22. The van der Waals surface area contributed by atoms with Gasteiger partial charge in [-0.1, -0.05) is 42.5 Å². The first-order valence-electron chi connectivity index (χ1n) is 10.4. The molecule has 1 heterocycles. The number of nitrogens with zero attached hydrogens (tertiary/aromatic N) is 1. The lowest BCUT2D eigenvalue weighted by molar-refractivity contribution is -0.954. The normalized spacial score (nSPS) is 20.4. The van der Waals surface area contributed by atoms with Gasteiger partial charge in [-0.25, -0.2) is 0 Å². The molecule has 3 aromatic carbocycles. The zero-order chi connectivity index (χ0) is 21.1. The number of fused-ring (bicyclic) bond motifs is 1.